The fraction of sp³-hybridized carbons (Fsp3) is 0.333. The summed E-state index contributed by atoms with van der Waals surface area (Å²) in [7, 11) is -3.61. The number of nitrogens with one attached hydrogen (secondary N) is 1. The lowest BCUT2D eigenvalue weighted by Crippen LogP contribution is -2.32. The largest absolute Gasteiger partial charge is 0.268 e. The number of aryl methyl sites for hydroxylation is 3. The predicted molar refractivity (Wildman–Crippen MR) is 84.3 cm³/mol. The van der Waals surface area contributed by atoms with E-state index in [4.69, 9.17) is 0 Å². The van der Waals surface area contributed by atoms with Gasteiger partial charge in [0.25, 0.3) is 5.56 Å². The van der Waals surface area contributed by atoms with E-state index in [-0.39, 0.29) is 23.5 Å². The van der Waals surface area contributed by atoms with Gasteiger partial charge in [-0.2, -0.15) is 5.10 Å². The fourth-order valence-electron chi connectivity index (χ4n) is 2.14. The van der Waals surface area contributed by atoms with Crippen molar-refractivity contribution < 1.29 is 8.42 Å². The lowest BCUT2D eigenvalue weighted by molar-refractivity contribution is 0.547. The summed E-state index contributed by atoms with van der Waals surface area (Å²) < 4.78 is 28.5. The minimum Gasteiger partial charge on any atom is -0.268 e. The second-order valence-corrected chi connectivity index (χ2v) is 6.92. The van der Waals surface area contributed by atoms with E-state index >= 15 is 0 Å². The van der Waals surface area contributed by atoms with Gasteiger partial charge in [-0.05, 0) is 49.6 Å². The lowest BCUT2D eigenvalue weighted by atomic mass is 10.1. The lowest BCUT2D eigenvalue weighted by Gasteiger charge is -2.12. The highest BCUT2D eigenvalue weighted by Gasteiger charge is 2.17. The standard InChI is InChI=1S/C15H19N3O3S/c1-11-9-13(3)14(10-12(11)2)22(20,21)17-7-8-18-15(19)5-4-6-16-18/h4-6,9-10,17H,7-8H2,1-3H3. The van der Waals surface area contributed by atoms with Crippen LogP contribution >= 0.6 is 0 Å². The van der Waals surface area contributed by atoms with Crippen molar-refractivity contribution >= 4 is 10.0 Å². The van der Waals surface area contributed by atoms with Gasteiger partial charge in [0, 0.05) is 18.8 Å². The van der Waals surface area contributed by atoms with Crippen LogP contribution in [0.3, 0.4) is 0 Å². The van der Waals surface area contributed by atoms with Crippen molar-refractivity contribution in [3.8, 4) is 0 Å². The quantitative estimate of drug-likeness (QED) is 0.895. The van der Waals surface area contributed by atoms with E-state index < -0.39 is 10.0 Å². The van der Waals surface area contributed by atoms with Crippen LogP contribution in [0, 0.1) is 20.8 Å². The maximum Gasteiger partial charge on any atom is 0.266 e. The van der Waals surface area contributed by atoms with Gasteiger partial charge in [0.2, 0.25) is 10.0 Å². The second kappa shape index (κ2) is 6.41. The smallest absolute Gasteiger partial charge is 0.266 e. The van der Waals surface area contributed by atoms with Crippen molar-refractivity contribution in [2.75, 3.05) is 6.54 Å². The molecule has 0 saturated carbocycles. The summed E-state index contributed by atoms with van der Waals surface area (Å²) in [5, 5.41) is 3.88. The number of hydrogen-bond donors (Lipinski definition) is 1. The first-order chi connectivity index (χ1) is 10.3. The monoisotopic (exact) mass is 321 g/mol. The van der Waals surface area contributed by atoms with Gasteiger partial charge >= 0.3 is 0 Å². The van der Waals surface area contributed by atoms with Gasteiger partial charge in [0.1, 0.15) is 0 Å². The van der Waals surface area contributed by atoms with Crippen LogP contribution in [0.25, 0.3) is 0 Å². The number of hydrogen-bond acceptors (Lipinski definition) is 4. The highest BCUT2D eigenvalue weighted by molar-refractivity contribution is 7.89. The first-order valence-corrected chi connectivity index (χ1v) is 8.39. The van der Waals surface area contributed by atoms with Crippen LogP contribution < -0.4 is 10.3 Å². The summed E-state index contributed by atoms with van der Waals surface area (Å²) in [6.07, 6.45) is 1.49. The SMILES string of the molecule is Cc1cc(C)c(S(=O)(=O)NCCn2ncccc2=O)cc1C. The van der Waals surface area contributed by atoms with E-state index in [2.05, 4.69) is 9.82 Å². The third-order valence-corrected chi connectivity index (χ3v) is 5.08. The van der Waals surface area contributed by atoms with Crippen LogP contribution in [0.15, 0.2) is 40.2 Å². The Morgan fingerprint density at radius 1 is 1.14 bits per heavy atom. The molecular weight excluding hydrogens is 302 g/mol. The molecule has 118 valence electrons. The molecule has 2 rings (SSSR count). The normalized spacial score (nSPS) is 11.6. The minimum absolute atomic E-state index is 0.103. The van der Waals surface area contributed by atoms with Gasteiger partial charge in [-0.3, -0.25) is 4.79 Å². The number of rotatable bonds is 5. The van der Waals surface area contributed by atoms with E-state index in [1.54, 1.807) is 19.1 Å². The third-order valence-electron chi connectivity index (χ3n) is 3.48. The average molecular weight is 321 g/mol. The molecular formula is C15H19N3O3S. The zero-order chi connectivity index (χ0) is 16.3. The summed E-state index contributed by atoms with van der Waals surface area (Å²) in [5.74, 6) is 0. The van der Waals surface area contributed by atoms with Gasteiger partial charge in [-0.1, -0.05) is 6.07 Å². The molecule has 0 bridgehead atoms. The van der Waals surface area contributed by atoms with Gasteiger partial charge in [0.05, 0.1) is 11.4 Å². The van der Waals surface area contributed by atoms with Crippen LogP contribution in [0.2, 0.25) is 0 Å². The number of benzene rings is 1. The summed E-state index contributed by atoms with van der Waals surface area (Å²) in [6.45, 7) is 5.87. The fourth-order valence-corrected chi connectivity index (χ4v) is 3.47. The Balaban J connectivity index is 2.14. The highest BCUT2D eigenvalue weighted by Crippen LogP contribution is 2.19. The summed E-state index contributed by atoms with van der Waals surface area (Å²) in [6, 6.07) is 6.45. The zero-order valence-corrected chi connectivity index (χ0v) is 13.6. The number of aromatic nitrogens is 2. The van der Waals surface area contributed by atoms with E-state index in [0.29, 0.717) is 5.56 Å². The van der Waals surface area contributed by atoms with Crippen molar-refractivity contribution in [3.63, 3.8) is 0 Å². The topological polar surface area (TPSA) is 81.1 Å². The Hall–Kier alpha value is -1.99. The van der Waals surface area contributed by atoms with E-state index in [0.717, 1.165) is 11.1 Å². The van der Waals surface area contributed by atoms with E-state index in [9.17, 15) is 13.2 Å². The first kappa shape index (κ1) is 16.4. The maximum atomic E-state index is 12.4. The van der Waals surface area contributed by atoms with Crippen molar-refractivity contribution in [1.82, 2.24) is 14.5 Å². The molecule has 22 heavy (non-hydrogen) atoms. The van der Waals surface area contributed by atoms with Crippen molar-refractivity contribution in [2.24, 2.45) is 0 Å². The Kier molecular flexibility index (Phi) is 4.77. The molecule has 1 aromatic heterocycles. The zero-order valence-electron chi connectivity index (χ0n) is 12.8. The average Bonchev–Trinajstić information content (AvgIpc) is 2.44. The number of sulfonamides is 1. The van der Waals surface area contributed by atoms with E-state index in [1.807, 2.05) is 19.9 Å². The van der Waals surface area contributed by atoms with Gasteiger partial charge in [0.15, 0.2) is 0 Å². The molecule has 0 unspecified atom stereocenters. The molecule has 6 nitrogen and oxygen atoms in total. The van der Waals surface area contributed by atoms with Gasteiger partial charge in [-0.15, -0.1) is 0 Å². The molecule has 0 aliphatic rings. The van der Waals surface area contributed by atoms with Crippen LogP contribution in [-0.4, -0.2) is 24.7 Å². The summed E-state index contributed by atoms with van der Waals surface area (Å²) in [4.78, 5) is 11.8. The van der Waals surface area contributed by atoms with Gasteiger partial charge < -0.3 is 0 Å². The molecule has 0 spiro atoms. The Bertz CT molecular complexity index is 841. The van der Waals surface area contributed by atoms with Crippen molar-refractivity contribution in [3.05, 3.63) is 57.5 Å². The third kappa shape index (κ3) is 3.61. The predicted octanol–water partition coefficient (Wildman–Crippen LogP) is 1.15. The van der Waals surface area contributed by atoms with Crippen LogP contribution in [0.1, 0.15) is 16.7 Å². The Morgan fingerprint density at radius 3 is 2.50 bits per heavy atom. The highest BCUT2D eigenvalue weighted by atomic mass is 32.2. The second-order valence-electron chi connectivity index (χ2n) is 5.18. The van der Waals surface area contributed by atoms with Crippen LogP contribution in [-0.2, 0) is 16.6 Å². The molecule has 1 N–H and O–H groups in total. The molecule has 0 radical (unpaired) electrons. The number of nitrogens with zero attached hydrogens (tertiary/aromatic N) is 2. The van der Waals surface area contributed by atoms with E-state index in [1.165, 1.54) is 16.9 Å². The molecule has 0 fully saturated rings. The van der Waals surface area contributed by atoms with Gasteiger partial charge in [-0.25, -0.2) is 17.8 Å². The Morgan fingerprint density at radius 2 is 1.82 bits per heavy atom. The maximum absolute atomic E-state index is 12.4. The molecule has 1 heterocycles. The summed E-state index contributed by atoms with van der Waals surface area (Å²) in [5.41, 5.74) is 2.41. The van der Waals surface area contributed by atoms with Crippen molar-refractivity contribution in [1.29, 1.82) is 0 Å². The summed E-state index contributed by atoms with van der Waals surface area (Å²) >= 11 is 0. The molecule has 0 amide bonds. The molecule has 0 saturated heterocycles. The van der Waals surface area contributed by atoms with Crippen LogP contribution in [0.4, 0.5) is 0 Å². The molecule has 2 aromatic rings. The molecule has 7 heteroatoms. The van der Waals surface area contributed by atoms with Crippen molar-refractivity contribution in [2.45, 2.75) is 32.2 Å². The molecule has 0 aliphatic carbocycles. The molecule has 0 atom stereocenters. The molecule has 0 aliphatic heterocycles. The minimum atomic E-state index is -3.61. The molecule has 1 aromatic carbocycles. The first-order valence-electron chi connectivity index (χ1n) is 6.91. The Labute approximate surface area is 129 Å². The van der Waals surface area contributed by atoms with Crippen LogP contribution in [0.5, 0.6) is 0 Å².